The first kappa shape index (κ1) is 18.0. The van der Waals surface area contributed by atoms with E-state index in [2.05, 4.69) is 24.1 Å². The van der Waals surface area contributed by atoms with Gasteiger partial charge in [0.15, 0.2) is 11.5 Å². The number of nitrogens with zero attached hydrogens (tertiary/aromatic N) is 2. The molecule has 3 unspecified atom stereocenters. The van der Waals surface area contributed by atoms with Crippen LogP contribution in [0.4, 0.5) is 5.69 Å². The van der Waals surface area contributed by atoms with Crippen molar-refractivity contribution in [1.82, 2.24) is 9.88 Å². The highest BCUT2D eigenvalue weighted by molar-refractivity contribution is 6.39. The summed E-state index contributed by atoms with van der Waals surface area (Å²) < 4.78 is 11.3. The number of aryl methyl sites for hydroxylation is 1. The van der Waals surface area contributed by atoms with E-state index in [1.54, 1.807) is 30.1 Å². The highest BCUT2D eigenvalue weighted by atomic mass is 16.5. The number of anilines is 1. The molecule has 2 aromatic rings. The van der Waals surface area contributed by atoms with Crippen LogP contribution in [0.15, 0.2) is 22.6 Å². The molecule has 27 heavy (non-hydrogen) atoms. The van der Waals surface area contributed by atoms with Gasteiger partial charge in [-0.1, -0.05) is 20.8 Å². The quantitative estimate of drug-likeness (QED) is 0.839. The summed E-state index contributed by atoms with van der Waals surface area (Å²) in [5.41, 5.74) is 1.70. The molecule has 3 atom stereocenters. The van der Waals surface area contributed by atoms with E-state index in [1.807, 2.05) is 6.92 Å². The Bertz CT molecular complexity index is 904. The fourth-order valence-corrected chi connectivity index (χ4v) is 4.76. The van der Waals surface area contributed by atoms with Gasteiger partial charge in [0.2, 0.25) is 0 Å². The lowest BCUT2D eigenvalue weighted by molar-refractivity contribution is -0.169. The standard InChI is InChI=1S/C20H25N3O4/c1-5-15-22-13-10-11(6-7-14(13)27-15)21-18(24)19(25)23(4)16-12-8-9-26-17(12)20(16,2)3/h6-7,10,12,16-17H,5,8-9H2,1-4H3,(H,21,24). The number of hydrogen-bond acceptors (Lipinski definition) is 5. The minimum absolute atomic E-state index is 0.00776. The predicted octanol–water partition coefficient (Wildman–Crippen LogP) is 2.60. The summed E-state index contributed by atoms with van der Waals surface area (Å²) in [6, 6.07) is 5.19. The molecule has 1 aromatic heterocycles. The van der Waals surface area contributed by atoms with Crippen molar-refractivity contribution in [2.75, 3.05) is 19.0 Å². The van der Waals surface area contributed by atoms with Gasteiger partial charge in [0.25, 0.3) is 0 Å². The molecule has 144 valence electrons. The third-order valence-electron chi connectivity index (χ3n) is 5.96. The number of carbonyl (C=O) groups is 2. The summed E-state index contributed by atoms with van der Waals surface area (Å²) >= 11 is 0. The van der Waals surface area contributed by atoms with Crippen molar-refractivity contribution in [3.05, 3.63) is 24.1 Å². The summed E-state index contributed by atoms with van der Waals surface area (Å²) in [5.74, 6) is -0.229. The lowest BCUT2D eigenvalue weighted by Crippen LogP contribution is -2.67. The number of oxazole rings is 1. The predicted molar refractivity (Wildman–Crippen MR) is 100 cm³/mol. The smallest absolute Gasteiger partial charge is 0.313 e. The first-order chi connectivity index (χ1) is 12.8. The van der Waals surface area contributed by atoms with Crippen LogP contribution >= 0.6 is 0 Å². The zero-order valence-corrected chi connectivity index (χ0v) is 16.1. The molecule has 2 fully saturated rings. The number of likely N-dealkylation sites (N-methyl/N-ethyl adjacent to an activating group) is 1. The molecular weight excluding hydrogens is 346 g/mol. The molecule has 2 amide bonds. The summed E-state index contributed by atoms with van der Waals surface area (Å²) in [5, 5.41) is 2.69. The molecule has 7 nitrogen and oxygen atoms in total. The molecule has 2 heterocycles. The van der Waals surface area contributed by atoms with Gasteiger partial charge in [0, 0.05) is 43.1 Å². The third-order valence-corrected chi connectivity index (χ3v) is 5.96. The Morgan fingerprint density at radius 2 is 2.15 bits per heavy atom. The van der Waals surface area contributed by atoms with E-state index in [0.717, 1.165) is 13.0 Å². The molecule has 1 saturated heterocycles. The monoisotopic (exact) mass is 371 g/mol. The van der Waals surface area contributed by atoms with Gasteiger partial charge in [-0.15, -0.1) is 0 Å². The van der Waals surface area contributed by atoms with E-state index >= 15 is 0 Å². The van der Waals surface area contributed by atoms with E-state index in [4.69, 9.17) is 9.15 Å². The largest absolute Gasteiger partial charge is 0.441 e. The van der Waals surface area contributed by atoms with E-state index in [1.165, 1.54) is 0 Å². The average Bonchev–Trinajstić information content (AvgIpc) is 3.25. The molecule has 4 rings (SSSR count). The number of benzene rings is 1. The Morgan fingerprint density at radius 3 is 2.89 bits per heavy atom. The molecule has 1 aromatic carbocycles. The Kier molecular flexibility index (Phi) is 4.22. The van der Waals surface area contributed by atoms with Crippen molar-refractivity contribution in [2.45, 2.75) is 45.8 Å². The first-order valence-corrected chi connectivity index (χ1v) is 9.42. The molecule has 0 bridgehead atoms. The molecule has 0 spiro atoms. The normalized spacial score (nSPS) is 25.7. The van der Waals surface area contributed by atoms with Crippen LogP contribution in [0.3, 0.4) is 0 Å². The van der Waals surface area contributed by atoms with Gasteiger partial charge in [-0.2, -0.15) is 0 Å². The summed E-state index contributed by atoms with van der Waals surface area (Å²) in [4.78, 5) is 31.2. The lowest BCUT2D eigenvalue weighted by atomic mass is 9.57. The van der Waals surface area contributed by atoms with Gasteiger partial charge >= 0.3 is 11.8 Å². The zero-order valence-electron chi connectivity index (χ0n) is 16.1. The Labute approximate surface area is 158 Å². The van der Waals surface area contributed by atoms with E-state index in [-0.39, 0.29) is 17.6 Å². The number of carbonyl (C=O) groups excluding carboxylic acids is 2. The second kappa shape index (κ2) is 6.34. The Hall–Kier alpha value is -2.41. The zero-order chi connectivity index (χ0) is 19.3. The Morgan fingerprint density at radius 1 is 1.37 bits per heavy atom. The Balaban J connectivity index is 1.47. The maximum atomic E-state index is 12.7. The second-order valence-electron chi connectivity index (χ2n) is 8.02. The van der Waals surface area contributed by atoms with Crippen molar-refractivity contribution in [3.8, 4) is 0 Å². The summed E-state index contributed by atoms with van der Waals surface area (Å²) in [6.45, 7) is 6.87. The topological polar surface area (TPSA) is 84.7 Å². The molecule has 0 radical (unpaired) electrons. The number of nitrogens with one attached hydrogen (secondary N) is 1. The maximum absolute atomic E-state index is 12.7. The summed E-state index contributed by atoms with van der Waals surface area (Å²) in [6.07, 6.45) is 1.80. The molecule has 1 aliphatic heterocycles. The molecule has 1 N–H and O–H groups in total. The van der Waals surface area contributed by atoms with Crippen molar-refractivity contribution < 1.29 is 18.7 Å². The SMILES string of the molecule is CCc1nc2cc(NC(=O)C(=O)N(C)C3C4CCOC4C3(C)C)ccc2o1. The van der Waals surface area contributed by atoms with Crippen molar-refractivity contribution in [3.63, 3.8) is 0 Å². The molecule has 1 saturated carbocycles. The fourth-order valence-electron chi connectivity index (χ4n) is 4.76. The first-order valence-electron chi connectivity index (χ1n) is 9.42. The highest BCUT2D eigenvalue weighted by Gasteiger charge is 2.61. The van der Waals surface area contributed by atoms with Crippen LogP contribution < -0.4 is 5.32 Å². The van der Waals surface area contributed by atoms with Crippen LogP contribution in [0.1, 0.15) is 33.1 Å². The average molecular weight is 371 g/mol. The van der Waals surface area contributed by atoms with Crippen LogP contribution in [-0.2, 0) is 20.7 Å². The van der Waals surface area contributed by atoms with E-state index in [0.29, 0.717) is 35.0 Å². The van der Waals surface area contributed by atoms with Gasteiger partial charge in [0.1, 0.15) is 5.52 Å². The fraction of sp³-hybridized carbons (Fsp3) is 0.550. The lowest BCUT2D eigenvalue weighted by Gasteiger charge is -2.57. The van der Waals surface area contributed by atoms with Crippen LogP contribution in [0.2, 0.25) is 0 Å². The van der Waals surface area contributed by atoms with Crippen LogP contribution in [0.25, 0.3) is 11.1 Å². The van der Waals surface area contributed by atoms with Crippen molar-refractivity contribution in [1.29, 1.82) is 0 Å². The second-order valence-corrected chi connectivity index (χ2v) is 8.02. The third kappa shape index (κ3) is 2.81. The van der Waals surface area contributed by atoms with Crippen LogP contribution in [0.5, 0.6) is 0 Å². The number of hydrogen-bond donors (Lipinski definition) is 1. The molecular formula is C20H25N3O4. The number of ether oxygens (including phenoxy) is 1. The van der Waals surface area contributed by atoms with Gasteiger partial charge in [0.05, 0.1) is 6.10 Å². The number of amides is 2. The minimum atomic E-state index is -0.644. The summed E-state index contributed by atoms with van der Waals surface area (Å²) in [7, 11) is 1.71. The molecule has 1 aliphatic carbocycles. The van der Waals surface area contributed by atoms with Crippen LogP contribution in [-0.4, -0.2) is 47.5 Å². The van der Waals surface area contributed by atoms with E-state index < -0.39 is 11.8 Å². The molecule has 7 heteroatoms. The van der Waals surface area contributed by atoms with E-state index in [9.17, 15) is 9.59 Å². The highest BCUT2D eigenvalue weighted by Crippen LogP contribution is 2.54. The van der Waals surface area contributed by atoms with Gasteiger partial charge in [-0.3, -0.25) is 9.59 Å². The molecule has 2 aliphatic rings. The van der Waals surface area contributed by atoms with Gasteiger partial charge in [-0.25, -0.2) is 4.98 Å². The number of aromatic nitrogens is 1. The number of rotatable bonds is 3. The maximum Gasteiger partial charge on any atom is 0.313 e. The van der Waals surface area contributed by atoms with Gasteiger partial charge in [-0.05, 0) is 24.6 Å². The minimum Gasteiger partial charge on any atom is -0.441 e. The van der Waals surface area contributed by atoms with Crippen molar-refractivity contribution >= 4 is 28.6 Å². The van der Waals surface area contributed by atoms with Gasteiger partial charge < -0.3 is 19.4 Å². The van der Waals surface area contributed by atoms with Crippen molar-refractivity contribution in [2.24, 2.45) is 11.3 Å². The number of fused-ring (bicyclic) bond motifs is 2. The van der Waals surface area contributed by atoms with Crippen LogP contribution in [0, 0.1) is 11.3 Å².